The van der Waals surface area contributed by atoms with E-state index in [1.165, 1.54) is 12.1 Å². The molecule has 0 saturated carbocycles. The lowest BCUT2D eigenvalue weighted by Gasteiger charge is -2.28. The SMILES string of the molecule is CC(C)(Cc1ccc(F)cc1)NC(=O)[C@@H](N)CCC(=O)OC(=O)c1ccc(-c2ccccc2)cc1. The first-order chi connectivity index (χ1) is 16.6. The van der Waals surface area contributed by atoms with Crippen LogP contribution in [0.25, 0.3) is 11.1 Å². The van der Waals surface area contributed by atoms with Crippen molar-refractivity contribution in [2.45, 2.75) is 44.7 Å². The third-order valence-corrected chi connectivity index (χ3v) is 5.45. The number of benzene rings is 3. The second kappa shape index (κ2) is 11.5. The van der Waals surface area contributed by atoms with Crippen LogP contribution in [0.1, 0.15) is 42.6 Å². The highest BCUT2D eigenvalue weighted by molar-refractivity contribution is 5.97. The third kappa shape index (κ3) is 7.86. The van der Waals surface area contributed by atoms with Crippen LogP contribution in [0.3, 0.4) is 0 Å². The van der Waals surface area contributed by atoms with Crippen LogP contribution in [0, 0.1) is 5.82 Å². The fourth-order valence-electron chi connectivity index (χ4n) is 3.63. The Bertz CT molecular complexity index is 1160. The van der Waals surface area contributed by atoms with Crippen molar-refractivity contribution in [1.29, 1.82) is 0 Å². The van der Waals surface area contributed by atoms with Crippen molar-refractivity contribution in [3.05, 3.63) is 95.8 Å². The zero-order valence-corrected chi connectivity index (χ0v) is 19.8. The summed E-state index contributed by atoms with van der Waals surface area (Å²) in [6, 6.07) is 21.5. The van der Waals surface area contributed by atoms with Crippen molar-refractivity contribution in [3.63, 3.8) is 0 Å². The summed E-state index contributed by atoms with van der Waals surface area (Å²) in [5.74, 6) is -2.26. The fourth-order valence-corrected chi connectivity index (χ4v) is 3.63. The molecule has 1 atom stereocenters. The molecular formula is C28H29FN2O4. The van der Waals surface area contributed by atoms with E-state index in [1.54, 1.807) is 36.4 Å². The molecule has 3 N–H and O–H groups in total. The molecular weight excluding hydrogens is 447 g/mol. The number of rotatable bonds is 9. The van der Waals surface area contributed by atoms with Crippen molar-refractivity contribution in [1.82, 2.24) is 5.32 Å². The first kappa shape index (κ1) is 25.8. The maximum Gasteiger partial charge on any atom is 0.345 e. The van der Waals surface area contributed by atoms with Gasteiger partial charge < -0.3 is 15.8 Å². The van der Waals surface area contributed by atoms with Crippen molar-refractivity contribution in [2.75, 3.05) is 0 Å². The van der Waals surface area contributed by atoms with Crippen molar-refractivity contribution in [2.24, 2.45) is 5.73 Å². The normalized spacial score (nSPS) is 12.0. The second-order valence-corrected chi connectivity index (χ2v) is 9.03. The minimum Gasteiger partial charge on any atom is -0.389 e. The van der Waals surface area contributed by atoms with E-state index in [-0.39, 0.29) is 24.2 Å². The largest absolute Gasteiger partial charge is 0.389 e. The number of carbonyl (C=O) groups excluding carboxylic acids is 3. The van der Waals surface area contributed by atoms with Gasteiger partial charge in [0.2, 0.25) is 5.91 Å². The van der Waals surface area contributed by atoms with Gasteiger partial charge in [-0.3, -0.25) is 9.59 Å². The molecule has 35 heavy (non-hydrogen) atoms. The molecule has 0 fully saturated rings. The average molecular weight is 477 g/mol. The Balaban J connectivity index is 1.45. The number of halogens is 1. The summed E-state index contributed by atoms with van der Waals surface area (Å²) in [5, 5.41) is 2.85. The molecule has 0 radical (unpaired) electrons. The third-order valence-electron chi connectivity index (χ3n) is 5.45. The molecule has 3 rings (SSSR count). The molecule has 3 aromatic rings. The van der Waals surface area contributed by atoms with Crippen LogP contribution in [-0.2, 0) is 20.7 Å². The summed E-state index contributed by atoms with van der Waals surface area (Å²) in [5.41, 5.74) is 8.38. The van der Waals surface area contributed by atoms with Gasteiger partial charge in [-0.15, -0.1) is 0 Å². The Labute approximate surface area is 204 Å². The number of hydrogen-bond donors (Lipinski definition) is 2. The van der Waals surface area contributed by atoms with E-state index in [0.717, 1.165) is 16.7 Å². The van der Waals surface area contributed by atoms with Crippen LogP contribution < -0.4 is 11.1 Å². The lowest BCUT2D eigenvalue weighted by Crippen LogP contribution is -2.51. The number of esters is 2. The van der Waals surface area contributed by atoms with Gasteiger partial charge in [-0.25, -0.2) is 9.18 Å². The molecule has 0 aliphatic carbocycles. The minimum absolute atomic E-state index is 0.0253. The number of hydrogen-bond acceptors (Lipinski definition) is 5. The Morgan fingerprint density at radius 2 is 1.51 bits per heavy atom. The number of carbonyl (C=O) groups is 3. The Morgan fingerprint density at radius 3 is 2.14 bits per heavy atom. The first-order valence-corrected chi connectivity index (χ1v) is 11.4. The molecule has 7 heteroatoms. The molecule has 6 nitrogen and oxygen atoms in total. The second-order valence-electron chi connectivity index (χ2n) is 9.03. The summed E-state index contributed by atoms with van der Waals surface area (Å²) < 4.78 is 18.0. The molecule has 0 heterocycles. The van der Waals surface area contributed by atoms with Gasteiger partial charge in [-0.1, -0.05) is 54.6 Å². The molecule has 0 aromatic heterocycles. The van der Waals surface area contributed by atoms with Crippen molar-refractivity contribution >= 4 is 17.8 Å². The highest BCUT2D eigenvalue weighted by atomic mass is 19.1. The highest BCUT2D eigenvalue weighted by Crippen LogP contribution is 2.20. The lowest BCUT2D eigenvalue weighted by atomic mass is 9.94. The van der Waals surface area contributed by atoms with E-state index < -0.39 is 29.4 Å². The van der Waals surface area contributed by atoms with Crippen LogP contribution in [-0.4, -0.2) is 29.4 Å². The molecule has 3 aromatic carbocycles. The van der Waals surface area contributed by atoms with Gasteiger partial charge in [-0.2, -0.15) is 0 Å². The Kier molecular flexibility index (Phi) is 8.49. The molecule has 1 amide bonds. The molecule has 182 valence electrons. The van der Waals surface area contributed by atoms with Crippen LogP contribution in [0.15, 0.2) is 78.9 Å². The number of nitrogens with one attached hydrogen (secondary N) is 1. The summed E-state index contributed by atoms with van der Waals surface area (Å²) in [4.78, 5) is 36.9. The van der Waals surface area contributed by atoms with Gasteiger partial charge in [0.15, 0.2) is 0 Å². The summed E-state index contributed by atoms with van der Waals surface area (Å²) in [7, 11) is 0. The zero-order valence-electron chi connectivity index (χ0n) is 19.8. The molecule has 0 saturated heterocycles. The van der Waals surface area contributed by atoms with Gasteiger partial charge in [-0.05, 0) is 67.6 Å². The van der Waals surface area contributed by atoms with E-state index in [0.29, 0.717) is 6.42 Å². The average Bonchev–Trinajstić information content (AvgIpc) is 2.84. The predicted octanol–water partition coefficient (Wildman–Crippen LogP) is 4.42. The van der Waals surface area contributed by atoms with E-state index in [2.05, 4.69) is 5.32 Å². The quantitative estimate of drug-likeness (QED) is 0.352. The maximum atomic E-state index is 13.1. The lowest BCUT2D eigenvalue weighted by molar-refractivity contribution is -0.138. The zero-order chi connectivity index (χ0) is 25.4. The summed E-state index contributed by atoms with van der Waals surface area (Å²) in [6.45, 7) is 3.66. The van der Waals surface area contributed by atoms with Crippen LogP contribution in [0.5, 0.6) is 0 Å². The molecule has 0 unspecified atom stereocenters. The van der Waals surface area contributed by atoms with Crippen molar-refractivity contribution < 1.29 is 23.5 Å². The monoisotopic (exact) mass is 476 g/mol. The summed E-state index contributed by atoms with van der Waals surface area (Å²) in [6.07, 6.45) is 0.323. The predicted molar refractivity (Wildman–Crippen MR) is 132 cm³/mol. The van der Waals surface area contributed by atoms with E-state index in [1.807, 2.05) is 44.2 Å². The fraction of sp³-hybridized carbons (Fsp3) is 0.250. The standard InChI is InChI=1S/C28H29FN2O4/c1-28(2,18-19-8-14-23(29)15-9-19)31-26(33)24(30)16-17-25(32)35-27(34)22-12-10-21(11-13-22)20-6-4-3-5-7-20/h3-15,24H,16-18,30H2,1-2H3,(H,31,33)/t24-/m0/s1. The van der Waals surface area contributed by atoms with Gasteiger partial charge in [0.1, 0.15) is 5.82 Å². The summed E-state index contributed by atoms with van der Waals surface area (Å²) >= 11 is 0. The van der Waals surface area contributed by atoms with E-state index in [9.17, 15) is 18.8 Å². The first-order valence-electron chi connectivity index (χ1n) is 11.4. The molecule has 0 spiro atoms. The van der Waals surface area contributed by atoms with Crippen LogP contribution in [0.2, 0.25) is 0 Å². The van der Waals surface area contributed by atoms with Crippen LogP contribution in [0.4, 0.5) is 4.39 Å². The molecule has 0 aliphatic rings. The van der Waals surface area contributed by atoms with Gasteiger partial charge in [0.25, 0.3) is 0 Å². The van der Waals surface area contributed by atoms with E-state index >= 15 is 0 Å². The minimum atomic E-state index is -0.949. The molecule has 0 bridgehead atoms. The van der Waals surface area contributed by atoms with E-state index in [4.69, 9.17) is 10.5 Å². The molecule has 0 aliphatic heterocycles. The number of amides is 1. The van der Waals surface area contributed by atoms with Gasteiger partial charge in [0, 0.05) is 12.0 Å². The van der Waals surface area contributed by atoms with Gasteiger partial charge >= 0.3 is 11.9 Å². The Morgan fingerprint density at radius 1 is 0.914 bits per heavy atom. The van der Waals surface area contributed by atoms with Crippen LogP contribution >= 0.6 is 0 Å². The number of ether oxygens (including phenoxy) is 1. The Hall–Kier alpha value is -3.84. The van der Waals surface area contributed by atoms with Gasteiger partial charge in [0.05, 0.1) is 11.6 Å². The highest BCUT2D eigenvalue weighted by Gasteiger charge is 2.25. The van der Waals surface area contributed by atoms with Crippen molar-refractivity contribution in [3.8, 4) is 11.1 Å². The smallest absolute Gasteiger partial charge is 0.345 e. The topological polar surface area (TPSA) is 98.5 Å². The number of nitrogens with two attached hydrogens (primary N) is 1. The maximum absolute atomic E-state index is 13.1.